The minimum atomic E-state index is -4.32. The van der Waals surface area contributed by atoms with Crippen LogP contribution in [0, 0.1) is 0 Å². The highest BCUT2D eigenvalue weighted by atomic mass is 35.5. The maximum atomic E-state index is 12.5. The van der Waals surface area contributed by atoms with Crippen molar-refractivity contribution in [1.82, 2.24) is 19.1 Å². The molecule has 1 amide bonds. The highest BCUT2D eigenvalue weighted by Gasteiger charge is 2.27. The number of amides is 1. The lowest BCUT2D eigenvalue weighted by molar-refractivity contribution is 0.242. The fourth-order valence-electron chi connectivity index (χ4n) is 1.93. The van der Waals surface area contributed by atoms with E-state index < -0.39 is 21.7 Å². The summed E-state index contributed by atoms with van der Waals surface area (Å²) < 4.78 is 33.3. The first-order valence-electron chi connectivity index (χ1n) is 6.91. The summed E-state index contributed by atoms with van der Waals surface area (Å²) in [5.74, 6) is 0. The van der Waals surface area contributed by atoms with Crippen LogP contribution in [0.1, 0.15) is 6.92 Å². The third-order valence-corrected chi connectivity index (χ3v) is 5.80. The van der Waals surface area contributed by atoms with Gasteiger partial charge in [0.2, 0.25) is 0 Å². The largest absolute Gasteiger partial charge is 0.464 e. The van der Waals surface area contributed by atoms with Crippen molar-refractivity contribution in [2.45, 2.75) is 16.7 Å². The van der Waals surface area contributed by atoms with Crippen LogP contribution < -0.4 is 15.1 Å². The molecule has 136 valence electrons. The molecule has 12 heteroatoms. The molecule has 1 aromatic carbocycles. The van der Waals surface area contributed by atoms with Crippen LogP contribution in [0.15, 0.2) is 32.8 Å². The van der Waals surface area contributed by atoms with Crippen molar-refractivity contribution in [3.05, 3.63) is 33.7 Å². The molecule has 0 fully saturated rings. The predicted molar refractivity (Wildman–Crippen MR) is 93.0 cm³/mol. The number of sulfonamides is 1. The molecule has 1 N–H and O–H groups in total. The van der Waals surface area contributed by atoms with Crippen LogP contribution in [0.4, 0.5) is 4.79 Å². The molecule has 0 radical (unpaired) electrons. The molecule has 0 aliphatic rings. The molecule has 0 aliphatic carbocycles. The molecule has 1 heterocycles. The quantitative estimate of drug-likeness (QED) is 0.744. The lowest BCUT2D eigenvalue weighted by atomic mass is 10.4. The number of hydrogen-bond acceptors (Lipinski definition) is 7. The second kappa shape index (κ2) is 7.50. The van der Waals surface area contributed by atoms with Gasteiger partial charge >= 0.3 is 17.7 Å². The number of aromatic nitrogens is 3. The van der Waals surface area contributed by atoms with Gasteiger partial charge in [-0.3, -0.25) is 0 Å². The number of ether oxygens (including phenoxy) is 1. The van der Waals surface area contributed by atoms with E-state index in [1.807, 2.05) is 0 Å². The molecule has 2 aromatic rings. The topological polar surface area (TPSA) is 112 Å². The molecule has 0 bridgehead atoms. The Morgan fingerprint density at radius 2 is 2.12 bits per heavy atom. The Hall–Kier alpha value is -1.98. The van der Waals surface area contributed by atoms with Crippen LogP contribution in [-0.4, -0.2) is 41.7 Å². The van der Waals surface area contributed by atoms with Gasteiger partial charge in [0, 0.05) is 11.9 Å². The highest BCUT2D eigenvalue weighted by Crippen LogP contribution is 2.30. The van der Waals surface area contributed by atoms with Crippen LogP contribution in [0.25, 0.3) is 0 Å². The number of hydrogen-bond donors (Lipinski definition) is 1. The molecule has 0 saturated carbocycles. The third kappa shape index (κ3) is 3.83. The van der Waals surface area contributed by atoms with E-state index >= 15 is 0 Å². The summed E-state index contributed by atoms with van der Waals surface area (Å²) in [6.07, 6.45) is 1.67. The SMILES string of the molecule is CCOc1nn(C(=O)NS(=O)(=O)c2c(Cl)cccc2SC)c(=O)n1C. The minimum Gasteiger partial charge on any atom is -0.464 e. The van der Waals surface area contributed by atoms with Gasteiger partial charge in [-0.15, -0.1) is 21.5 Å². The Morgan fingerprint density at radius 3 is 2.72 bits per heavy atom. The van der Waals surface area contributed by atoms with Gasteiger partial charge in [0.15, 0.2) is 0 Å². The second-order valence-corrected chi connectivity index (χ2v) is 7.53. The molecule has 1 aromatic heterocycles. The van der Waals surface area contributed by atoms with E-state index in [9.17, 15) is 18.0 Å². The first kappa shape index (κ1) is 19.3. The maximum absolute atomic E-state index is 12.5. The lowest BCUT2D eigenvalue weighted by Gasteiger charge is -2.11. The number of carbonyl (C=O) groups excluding carboxylic acids is 1. The van der Waals surface area contributed by atoms with Crippen LogP contribution in [0.3, 0.4) is 0 Å². The summed E-state index contributed by atoms with van der Waals surface area (Å²) in [6.45, 7) is 1.90. The molecule has 0 aliphatic heterocycles. The van der Waals surface area contributed by atoms with Crippen LogP contribution in [0.5, 0.6) is 6.01 Å². The van der Waals surface area contributed by atoms with Crippen LogP contribution in [0.2, 0.25) is 5.02 Å². The Morgan fingerprint density at radius 1 is 1.44 bits per heavy atom. The number of nitrogens with zero attached hydrogens (tertiary/aromatic N) is 3. The van der Waals surface area contributed by atoms with Crippen molar-refractivity contribution in [1.29, 1.82) is 0 Å². The fraction of sp³-hybridized carbons (Fsp3) is 0.308. The second-order valence-electron chi connectivity index (χ2n) is 4.65. The predicted octanol–water partition coefficient (Wildman–Crippen LogP) is 1.30. The van der Waals surface area contributed by atoms with Gasteiger partial charge in [-0.05, 0) is 25.3 Å². The van der Waals surface area contributed by atoms with Crippen molar-refractivity contribution in [2.75, 3.05) is 12.9 Å². The average molecular weight is 407 g/mol. The zero-order chi connectivity index (χ0) is 18.8. The van der Waals surface area contributed by atoms with Crippen molar-refractivity contribution in [2.24, 2.45) is 7.05 Å². The number of halogens is 1. The van der Waals surface area contributed by atoms with E-state index in [0.717, 1.165) is 16.3 Å². The van der Waals surface area contributed by atoms with Gasteiger partial charge in [-0.2, -0.15) is 0 Å². The number of rotatable bonds is 5. The number of carbonyl (C=O) groups is 1. The molecule has 2 rings (SSSR count). The van der Waals surface area contributed by atoms with Gasteiger partial charge in [0.05, 0.1) is 11.6 Å². The number of benzene rings is 1. The normalized spacial score (nSPS) is 11.4. The lowest BCUT2D eigenvalue weighted by Crippen LogP contribution is -2.40. The molecule has 0 spiro atoms. The first-order chi connectivity index (χ1) is 11.7. The summed E-state index contributed by atoms with van der Waals surface area (Å²) in [6, 6.07) is 3.18. The molecular weight excluding hydrogens is 392 g/mol. The van der Waals surface area contributed by atoms with E-state index in [1.165, 1.54) is 13.1 Å². The van der Waals surface area contributed by atoms with Crippen molar-refractivity contribution >= 4 is 39.4 Å². The van der Waals surface area contributed by atoms with Gasteiger partial charge < -0.3 is 4.74 Å². The first-order valence-corrected chi connectivity index (χ1v) is 10.00. The molecule has 0 saturated heterocycles. The fourth-order valence-corrected chi connectivity index (χ4v) is 4.63. The summed E-state index contributed by atoms with van der Waals surface area (Å²) in [4.78, 5) is 24.4. The molecule has 25 heavy (non-hydrogen) atoms. The Balaban J connectivity index is 2.41. The van der Waals surface area contributed by atoms with E-state index in [-0.39, 0.29) is 22.5 Å². The van der Waals surface area contributed by atoms with E-state index in [2.05, 4.69) is 5.10 Å². The summed E-state index contributed by atoms with van der Waals surface area (Å²) in [7, 11) is -2.97. The number of nitrogens with one attached hydrogen (secondary N) is 1. The monoisotopic (exact) mass is 406 g/mol. The van der Waals surface area contributed by atoms with Crippen molar-refractivity contribution < 1.29 is 17.9 Å². The smallest absolute Gasteiger partial charge is 0.360 e. The van der Waals surface area contributed by atoms with Gasteiger partial charge in [-0.25, -0.2) is 27.3 Å². The molecule has 0 unspecified atom stereocenters. The highest BCUT2D eigenvalue weighted by molar-refractivity contribution is 7.99. The average Bonchev–Trinajstić information content (AvgIpc) is 2.83. The summed E-state index contributed by atoms with van der Waals surface area (Å²) in [5.41, 5.74) is -0.847. The Bertz CT molecular complexity index is 967. The van der Waals surface area contributed by atoms with Gasteiger partial charge in [-0.1, -0.05) is 17.7 Å². The minimum absolute atomic E-state index is 0.0458. The zero-order valence-corrected chi connectivity index (χ0v) is 15.9. The summed E-state index contributed by atoms with van der Waals surface area (Å²) in [5, 5.41) is 3.63. The maximum Gasteiger partial charge on any atom is 0.360 e. The zero-order valence-electron chi connectivity index (χ0n) is 13.5. The third-order valence-electron chi connectivity index (χ3n) is 3.05. The standard InChI is InChI=1S/C13H15ClN4O5S2/c1-4-23-12-15-18(13(20)17(12)2)11(19)16-25(21,22)10-8(14)6-5-7-9(10)24-3/h5-7H,4H2,1-3H3,(H,16,19). The Kier molecular flexibility index (Phi) is 5.80. The van der Waals surface area contributed by atoms with Crippen LogP contribution >= 0.6 is 23.4 Å². The summed E-state index contributed by atoms with van der Waals surface area (Å²) >= 11 is 7.12. The Labute approximate surface area is 153 Å². The molecule has 9 nitrogen and oxygen atoms in total. The van der Waals surface area contributed by atoms with Gasteiger partial charge in [0.25, 0.3) is 10.0 Å². The molecule has 0 atom stereocenters. The van der Waals surface area contributed by atoms with Crippen molar-refractivity contribution in [3.63, 3.8) is 0 Å². The number of thioether (sulfide) groups is 1. The molecular formula is C13H15ClN4O5S2. The van der Waals surface area contributed by atoms with E-state index in [0.29, 0.717) is 9.58 Å². The van der Waals surface area contributed by atoms with Gasteiger partial charge in [0.1, 0.15) is 4.90 Å². The van der Waals surface area contributed by atoms with Crippen molar-refractivity contribution in [3.8, 4) is 6.01 Å². The van der Waals surface area contributed by atoms with E-state index in [1.54, 1.807) is 30.0 Å². The van der Waals surface area contributed by atoms with E-state index in [4.69, 9.17) is 16.3 Å². The van der Waals surface area contributed by atoms with Crippen LogP contribution in [-0.2, 0) is 17.1 Å².